The second kappa shape index (κ2) is 11.9. The maximum atomic E-state index is 5.09. The summed E-state index contributed by atoms with van der Waals surface area (Å²) >= 11 is 0. The molecular formula is C27H40N4. The van der Waals surface area contributed by atoms with Gasteiger partial charge in [-0.3, -0.25) is 9.98 Å². The van der Waals surface area contributed by atoms with Crippen LogP contribution in [0.15, 0.2) is 46.4 Å². The Morgan fingerprint density at radius 3 is 1.87 bits per heavy atom. The van der Waals surface area contributed by atoms with Gasteiger partial charge in [0.2, 0.25) is 0 Å². The van der Waals surface area contributed by atoms with Gasteiger partial charge in [0.15, 0.2) is 0 Å². The van der Waals surface area contributed by atoms with E-state index >= 15 is 0 Å². The van der Waals surface area contributed by atoms with Crippen molar-refractivity contribution in [2.45, 2.75) is 67.2 Å². The molecule has 0 saturated carbocycles. The largest absolute Gasteiger partial charge is 0.302 e. The summed E-state index contributed by atoms with van der Waals surface area (Å²) in [4.78, 5) is 17.1. The molecule has 0 fully saturated rings. The molecule has 1 aromatic heterocycles. The first kappa shape index (κ1) is 24.9. The number of hydrogen-bond donors (Lipinski definition) is 0. The molecule has 0 unspecified atom stereocenters. The Morgan fingerprint density at radius 2 is 1.35 bits per heavy atom. The fourth-order valence-corrected chi connectivity index (χ4v) is 3.68. The Hall–Kier alpha value is -2.33. The lowest BCUT2D eigenvalue weighted by molar-refractivity contribution is 0.313. The number of rotatable bonds is 10. The molecule has 0 aliphatic rings. The molecule has 0 aliphatic heterocycles. The molecule has 2 rings (SSSR count). The summed E-state index contributed by atoms with van der Waals surface area (Å²) in [6.45, 7) is 21.3. The van der Waals surface area contributed by atoms with Crippen LogP contribution in [0.3, 0.4) is 0 Å². The minimum absolute atomic E-state index is 0.421. The number of aromatic nitrogens is 1. The Balaban J connectivity index is 2.34. The van der Waals surface area contributed by atoms with Crippen molar-refractivity contribution >= 4 is 17.1 Å². The molecule has 4 nitrogen and oxygen atoms in total. The molecule has 2 aromatic rings. The van der Waals surface area contributed by atoms with Crippen molar-refractivity contribution in [3.05, 3.63) is 58.9 Å². The quantitative estimate of drug-likeness (QED) is 0.405. The van der Waals surface area contributed by atoms with Crippen LogP contribution in [0.2, 0.25) is 0 Å². The number of nitrogens with zero attached hydrogens (tertiary/aromatic N) is 4. The van der Waals surface area contributed by atoms with Crippen LogP contribution in [-0.4, -0.2) is 47.5 Å². The lowest BCUT2D eigenvalue weighted by Gasteiger charge is -2.17. The van der Waals surface area contributed by atoms with Gasteiger partial charge in [-0.25, -0.2) is 4.98 Å². The molecule has 0 spiro atoms. The van der Waals surface area contributed by atoms with Crippen molar-refractivity contribution in [2.24, 2.45) is 9.98 Å². The summed E-state index contributed by atoms with van der Waals surface area (Å²) < 4.78 is 0. The molecule has 1 aromatic carbocycles. The molecule has 0 N–H and O–H groups in total. The van der Waals surface area contributed by atoms with Crippen LogP contribution in [0.5, 0.6) is 0 Å². The highest BCUT2D eigenvalue weighted by Crippen LogP contribution is 2.35. The summed E-state index contributed by atoms with van der Waals surface area (Å²) in [5.74, 6) is 0.842. The second-order valence-electron chi connectivity index (χ2n) is 8.69. The second-order valence-corrected chi connectivity index (χ2v) is 8.69. The first-order valence-electron chi connectivity index (χ1n) is 11.7. The lowest BCUT2D eigenvalue weighted by Crippen LogP contribution is -2.26. The molecule has 0 radical (unpaired) electrons. The van der Waals surface area contributed by atoms with Crippen molar-refractivity contribution < 1.29 is 0 Å². The highest BCUT2D eigenvalue weighted by molar-refractivity contribution is 6.01. The fraction of sp³-hybridized carbons (Fsp3) is 0.519. The summed E-state index contributed by atoms with van der Waals surface area (Å²) in [6.07, 6.45) is 0. The topological polar surface area (TPSA) is 40.9 Å². The van der Waals surface area contributed by atoms with E-state index in [0.29, 0.717) is 11.8 Å². The zero-order valence-electron chi connectivity index (χ0n) is 20.7. The van der Waals surface area contributed by atoms with Gasteiger partial charge in [-0.1, -0.05) is 65.8 Å². The van der Waals surface area contributed by atoms with Crippen LogP contribution in [0.1, 0.15) is 89.7 Å². The SMILES string of the molecule is CCN(CC)CCN=C(C)c1cccc(C(C)=Nc2c(C(C)C)cccc2C(C)C)n1. The van der Waals surface area contributed by atoms with Crippen molar-refractivity contribution in [1.82, 2.24) is 9.88 Å². The average molecular weight is 421 g/mol. The number of para-hydroxylation sites is 1. The maximum absolute atomic E-state index is 5.09. The van der Waals surface area contributed by atoms with Crippen LogP contribution >= 0.6 is 0 Å². The standard InChI is InChI=1S/C27H40N4/c1-9-31(10-2)18-17-28-21(7)25-15-12-16-26(30-25)22(8)29-27-23(19(3)4)13-11-14-24(27)20(5)6/h11-16,19-20H,9-10,17-18H2,1-8H3. The smallest absolute Gasteiger partial charge is 0.0849 e. The Bertz CT molecular complexity index is 879. The zero-order valence-corrected chi connectivity index (χ0v) is 20.7. The van der Waals surface area contributed by atoms with E-state index in [0.717, 1.165) is 54.7 Å². The first-order valence-corrected chi connectivity index (χ1v) is 11.7. The van der Waals surface area contributed by atoms with Gasteiger partial charge >= 0.3 is 0 Å². The van der Waals surface area contributed by atoms with Gasteiger partial charge in [0.05, 0.1) is 35.0 Å². The van der Waals surface area contributed by atoms with Crippen molar-refractivity contribution in [3.63, 3.8) is 0 Å². The number of pyridine rings is 1. The van der Waals surface area contributed by atoms with Gasteiger partial charge in [-0.2, -0.15) is 0 Å². The summed E-state index contributed by atoms with van der Waals surface area (Å²) in [5, 5.41) is 0. The van der Waals surface area contributed by atoms with E-state index in [4.69, 9.17) is 15.0 Å². The van der Waals surface area contributed by atoms with Crippen LogP contribution in [0, 0.1) is 0 Å². The number of hydrogen-bond acceptors (Lipinski definition) is 4. The van der Waals surface area contributed by atoms with E-state index in [-0.39, 0.29) is 0 Å². The Labute approximate surface area is 189 Å². The van der Waals surface area contributed by atoms with Crippen molar-refractivity contribution in [1.29, 1.82) is 0 Å². The van der Waals surface area contributed by atoms with Gasteiger partial charge in [0.1, 0.15) is 0 Å². The van der Waals surface area contributed by atoms with Crippen molar-refractivity contribution in [3.8, 4) is 0 Å². The van der Waals surface area contributed by atoms with E-state index in [1.807, 2.05) is 19.1 Å². The molecule has 0 atom stereocenters. The summed E-state index contributed by atoms with van der Waals surface area (Å²) in [7, 11) is 0. The van der Waals surface area contributed by atoms with E-state index in [1.165, 1.54) is 11.1 Å². The lowest BCUT2D eigenvalue weighted by atomic mass is 9.93. The molecule has 31 heavy (non-hydrogen) atoms. The molecule has 0 bridgehead atoms. The molecule has 168 valence electrons. The molecule has 1 heterocycles. The van der Waals surface area contributed by atoms with Gasteiger partial charge in [-0.15, -0.1) is 0 Å². The number of benzene rings is 1. The van der Waals surface area contributed by atoms with E-state index < -0.39 is 0 Å². The van der Waals surface area contributed by atoms with Gasteiger partial charge < -0.3 is 4.90 Å². The third-order valence-electron chi connectivity index (χ3n) is 5.77. The number of likely N-dealkylation sites (N-methyl/N-ethyl adjacent to an activating group) is 1. The van der Waals surface area contributed by atoms with Crippen LogP contribution in [-0.2, 0) is 0 Å². The molecular weight excluding hydrogens is 380 g/mol. The minimum Gasteiger partial charge on any atom is -0.302 e. The summed E-state index contributed by atoms with van der Waals surface area (Å²) in [6, 6.07) is 12.7. The van der Waals surface area contributed by atoms with Crippen LogP contribution in [0.4, 0.5) is 5.69 Å². The molecule has 0 amide bonds. The minimum atomic E-state index is 0.421. The van der Waals surface area contributed by atoms with E-state index in [2.05, 4.69) is 77.6 Å². The van der Waals surface area contributed by atoms with Crippen LogP contribution < -0.4 is 0 Å². The zero-order chi connectivity index (χ0) is 23.0. The van der Waals surface area contributed by atoms with Crippen LogP contribution in [0.25, 0.3) is 0 Å². The average Bonchev–Trinajstić information content (AvgIpc) is 2.76. The third-order valence-corrected chi connectivity index (χ3v) is 5.77. The molecule has 4 heteroatoms. The normalized spacial score (nSPS) is 13.0. The molecule has 0 aliphatic carbocycles. The van der Waals surface area contributed by atoms with E-state index in [9.17, 15) is 0 Å². The van der Waals surface area contributed by atoms with Gasteiger partial charge in [0.25, 0.3) is 0 Å². The van der Waals surface area contributed by atoms with Crippen molar-refractivity contribution in [2.75, 3.05) is 26.2 Å². The number of aliphatic imine (C=N–C) groups is 2. The Morgan fingerprint density at radius 1 is 0.839 bits per heavy atom. The Kier molecular flexibility index (Phi) is 9.57. The molecule has 0 saturated heterocycles. The third kappa shape index (κ3) is 6.83. The van der Waals surface area contributed by atoms with Gasteiger partial charge in [0, 0.05) is 6.54 Å². The fourth-order valence-electron chi connectivity index (χ4n) is 3.68. The summed E-state index contributed by atoms with van der Waals surface area (Å²) in [5.41, 5.74) is 7.42. The predicted octanol–water partition coefficient (Wildman–Crippen LogP) is 6.62. The van der Waals surface area contributed by atoms with Gasteiger partial charge in [-0.05, 0) is 62.0 Å². The van der Waals surface area contributed by atoms with E-state index in [1.54, 1.807) is 0 Å². The highest BCUT2D eigenvalue weighted by Gasteiger charge is 2.14. The highest BCUT2D eigenvalue weighted by atomic mass is 15.1. The predicted molar refractivity (Wildman–Crippen MR) is 136 cm³/mol. The maximum Gasteiger partial charge on any atom is 0.0849 e. The first-order chi connectivity index (χ1) is 14.8. The monoisotopic (exact) mass is 420 g/mol.